The Labute approximate surface area is 160 Å². The molecule has 5 rings (SSSR count). The molecule has 2 bridgehead atoms. The molecule has 3 fully saturated rings. The molecule has 0 amide bonds. The fraction of sp³-hybridized carbons (Fsp3) is 0.647. The van der Waals surface area contributed by atoms with E-state index in [1.807, 2.05) is 10.7 Å². The van der Waals surface area contributed by atoms with Gasteiger partial charge in [0.2, 0.25) is 0 Å². The summed E-state index contributed by atoms with van der Waals surface area (Å²) in [5.41, 5.74) is 0.936. The maximum absolute atomic E-state index is 5.99. The number of aromatic nitrogens is 3. The van der Waals surface area contributed by atoms with Crippen LogP contribution in [0.4, 0.5) is 11.6 Å². The Kier molecular flexibility index (Phi) is 4.01. The van der Waals surface area contributed by atoms with Crippen LogP contribution in [-0.2, 0) is 9.47 Å². The molecule has 8 heteroatoms. The van der Waals surface area contributed by atoms with Crippen molar-refractivity contribution < 1.29 is 9.47 Å². The van der Waals surface area contributed by atoms with Crippen molar-refractivity contribution in [3.8, 4) is 0 Å². The van der Waals surface area contributed by atoms with Crippen LogP contribution in [0.5, 0.6) is 0 Å². The highest BCUT2D eigenvalue weighted by molar-refractivity contribution is 14.1. The van der Waals surface area contributed by atoms with E-state index in [9.17, 15) is 0 Å². The number of fused-ring (bicyclic) bond motifs is 3. The van der Waals surface area contributed by atoms with E-state index in [1.54, 1.807) is 0 Å². The van der Waals surface area contributed by atoms with Crippen LogP contribution in [0.1, 0.15) is 19.8 Å². The molecule has 3 unspecified atom stereocenters. The van der Waals surface area contributed by atoms with Crippen LogP contribution in [-0.4, -0.2) is 65.7 Å². The predicted molar refractivity (Wildman–Crippen MR) is 103 cm³/mol. The molecule has 0 N–H and O–H groups in total. The van der Waals surface area contributed by atoms with Gasteiger partial charge in [-0.05, 0) is 42.4 Å². The molecule has 3 aliphatic rings. The van der Waals surface area contributed by atoms with Gasteiger partial charge in [-0.2, -0.15) is 9.61 Å². The van der Waals surface area contributed by atoms with Crippen molar-refractivity contribution in [1.29, 1.82) is 0 Å². The maximum Gasteiger partial charge on any atom is 0.173 e. The molecule has 0 aromatic carbocycles. The fourth-order valence-corrected chi connectivity index (χ4v) is 4.62. The summed E-state index contributed by atoms with van der Waals surface area (Å²) in [6.45, 7) is 6.45. The van der Waals surface area contributed by atoms with Crippen molar-refractivity contribution in [2.24, 2.45) is 0 Å². The van der Waals surface area contributed by atoms with Crippen LogP contribution < -0.4 is 9.80 Å². The van der Waals surface area contributed by atoms with Crippen molar-refractivity contribution in [1.82, 2.24) is 14.6 Å². The quantitative estimate of drug-likeness (QED) is 0.646. The smallest absolute Gasteiger partial charge is 0.173 e. The minimum absolute atomic E-state index is 0.329. The number of anilines is 2. The highest BCUT2D eigenvalue weighted by Gasteiger charge is 2.35. The van der Waals surface area contributed by atoms with Crippen molar-refractivity contribution in [3.63, 3.8) is 0 Å². The van der Waals surface area contributed by atoms with Crippen molar-refractivity contribution in [2.75, 3.05) is 42.6 Å². The van der Waals surface area contributed by atoms with Crippen molar-refractivity contribution >= 4 is 39.9 Å². The molecule has 3 saturated heterocycles. The zero-order valence-electron chi connectivity index (χ0n) is 14.3. The van der Waals surface area contributed by atoms with Crippen LogP contribution >= 0.6 is 22.6 Å². The summed E-state index contributed by atoms with van der Waals surface area (Å²) < 4.78 is 14.7. The third kappa shape index (κ3) is 2.78. The SMILES string of the molecule is CC1COCCN1c1cc(N2CC3CCC(C2)O3)nc2c(I)cnn12. The molecule has 0 aliphatic carbocycles. The first-order chi connectivity index (χ1) is 12.2. The molecular weight excluding hydrogens is 433 g/mol. The van der Waals surface area contributed by atoms with E-state index < -0.39 is 0 Å². The second-order valence-electron chi connectivity index (χ2n) is 7.18. The first kappa shape index (κ1) is 16.1. The molecule has 134 valence electrons. The van der Waals surface area contributed by atoms with E-state index >= 15 is 0 Å². The Morgan fingerprint density at radius 3 is 2.80 bits per heavy atom. The fourth-order valence-electron chi connectivity index (χ4n) is 4.14. The molecule has 3 aliphatic heterocycles. The molecule has 0 spiro atoms. The van der Waals surface area contributed by atoms with Gasteiger partial charge >= 0.3 is 0 Å². The summed E-state index contributed by atoms with van der Waals surface area (Å²) in [6.07, 6.45) is 4.93. The number of ether oxygens (including phenoxy) is 2. The van der Waals surface area contributed by atoms with Crippen LogP contribution in [0.15, 0.2) is 12.3 Å². The minimum atomic E-state index is 0.329. The van der Waals surface area contributed by atoms with Crippen LogP contribution in [0.2, 0.25) is 0 Å². The summed E-state index contributed by atoms with van der Waals surface area (Å²) in [4.78, 5) is 9.72. The topological polar surface area (TPSA) is 55.1 Å². The molecule has 0 saturated carbocycles. The lowest BCUT2D eigenvalue weighted by Gasteiger charge is -2.37. The monoisotopic (exact) mass is 455 g/mol. The number of halogens is 1. The van der Waals surface area contributed by atoms with Gasteiger partial charge in [0, 0.05) is 25.7 Å². The summed E-state index contributed by atoms with van der Waals surface area (Å²) in [5.74, 6) is 2.15. The van der Waals surface area contributed by atoms with Crippen molar-refractivity contribution in [3.05, 3.63) is 15.8 Å². The van der Waals surface area contributed by atoms with Gasteiger partial charge in [0.15, 0.2) is 5.65 Å². The van der Waals surface area contributed by atoms with Crippen molar-refractivity contribution in [2.45, 2.75) is 38.0 Å². The Morgan fingerprint density at radius 1 is 1.24 bits per heavy atom. The first-order valence-corrected chi connectivity index (χ1v) is 10.1. The Balaban J connectivity index is 1.58. The number of hydrogen-bond acceptors (Lipinski definition) is 6. The second-order valence-corrected chi connectivity index (χ2v) is 8.34. The summed E-state index contributed by atoms with van der Waals surface area (Å²) in [6, 6.07) is 2.53. The second kappa shape index (κ2) is 6.24. The van der Waals surface area contributed by atoms with Crippen LogP contribution in [0, 0.1) is 3.57 Å². The van der Waals surface area contributed by atoms with Gasteiger partial charge in [-0.25, -0.2) is 4.98 Å². The van der Waals surface area contributed by atoms with Gasteiger partial charge in [0.05, 0.1) is 41.2 Å². The Bertz CT molecular complexity index is 785. The maximum atomic E-state index is 5.99. The number of nitrogens with zero attached hydrogens (tertiary/aromatic N) is 5. The lowest BCUT2D eigenvalue weighted by Crippen LogP contribution is -2.45. The number of rotatable bonds is 2. The van der Waals surface area contributed by atoms with Crippen LogP contribution in [0.25, 0.3) is 5.65 Å². The summed E-state index contributed by atoms with van der Waals surface area (Å²) in [5, 5.41) is 4.58. The zero-order valence-corrected chi connectivity index (χ0v) is 16.4. The average molecular weight is 455 g/mol. The van der Waals surface area contributed by atoms with Gasteiger partial charge in [-0.15, -0.1) is 0 Å². The highest BCUT2D eigenvalue weighted by Crippen LogP contribution is 2.32. The largest absolute Gasteiger partial charge is 0.377 e. The van der Waals surface area contributed by atoms with Gasteiger partial charge in [-0.1, -0.05) is 0 Å². The van der Waals surface area contributed by atoms with Gasteiger partial charge in [0.1, 0.15) is 11.6 Å². The lowest BCUT2D eigenvalue weighted by molar-refractivity contribution is 0.0302. The summed E-state index contributed by atoms with van der Waals surface area (Å²) >= 11 is 2.32. The summed E-state index contributed by atoms with van der Waals surface area (Å²) in [7, 11) is 0. The third-order valence-electron chi connectivity index (χ3n) is 5.43. The molecule has 25 heavy (non-hydrogen) atoms. The molecule has 2 aromatic heterocycles. The number of morpholine rings is 2. The van der Waals surface area contributed by atoms with E-state index in [-0.39, 0.29) is 0 Å². The highest BCUT2D eigenvalue weighted by atomic mass is 127. The lowest BCUT2D eigenvalue weighted by atomic mass is 10.2. The normalized spacial score (nSPS) is 29.6. The predicted octanol–water partition coefficient (Wildman–Crippen LogP) is 1.93. The third-order valence-corrected chi connectivity index (χ3v) is 6.19. The average Bonchev–Trinajstić information content (AvgIpc) is 3.17. The molecular formula is C17H22IN5O2. The minimum Gasteiger partial charge on any atom is -0.377 e. The van der Waals surface area contributed by atoms with E-state index in [2.05, 4.69) is 50.5 Å². The van der Waals surface area contributed by atoms with Crippen LogP contribution in [0.3, 0.4) is 0 Å². The molecule has 3 atom stereocenters. The number of hydrogen-bond donors (Lipinski definition) is 0. The van der Waals surface area contributed by atoms with Gasteiger partial charge in [-0.3, -0.25) is 0 Å². The Hall–Kier alpha value is -1.13. The molecule has 5 heterocycles. The van der Waals surface area contributed by atoms with E-state index in [1.165, 1.54) is 12.8 Å². The standard InChI is InChI=1S/C17H22IN5O2/c1-11-10-24-5-4-22(11)16-6-15(20-17-14(18)7-19-23(16)17)21-8-12-2-3-13(9-21)25-12/h6-7,11-13H,2-5,8-10H2,1H3. The van der Waals surface area contributed by atoms with Gasteiger partial charge < -0.3 is 19.3 Å². The molecule has 0 radical (unpaired) electrons. The zero-order chi connectivity index (χ0) is 17.0. The first-order valence-electron chi connectivity index (χ1n) is 8.98. The van der Waals surface area contributed by atoms with E-state index in [0.717, 1.165) is 53.7 Å². The van der Waals surface area contributed by atoms with Gasteiger partial charge in [0.25, 0.3) is 0 Å². The van der Waals surface area contributed by atoms with E-state index in [4.69, 9.17) is 14.5 Å². The molecule has 7 nitrogen and oxygen atoms in total. The molecule has 2 aromatic rings. The van der Waals surface area contributed by atoms with E-state index in [0.29, 0.717) is 18.2 Å². The Morgan fingerprint density at radius 2 is 2.04 bits per heavy atom.